The Morgan fingerprint density at radius 3 is 2.48 bits per heavy atom. The minimum Gasteiger partial charge on any atom is -0.484 e. The molecular formula is C18H16Cl2N2O3. The maximum Gasteiger partial charge on any atom is 0.262 e. The summed E-state index contributed by atoms with van der Waals surface area (Å²) in [6.45, 7) is -0.199. The third-order valence-corrected chi connectivity index (χ3v) is 3.96. The average Bonchev–Trinajstić information content (AvgIpc) is 3.36. The van der Waals surface area contributed by atoms with Gasteiger partial charge in [-0.3, -0.25) is 9.59 Å². The van der Waals surface area contributed by atoms with Crippen molar-refractivity contribution in [3.05, 3.63) is 58.1 Å². The summed E-state index contributed by atoms with van der Waals surface area (Å²) in [6, 6.07) is 11.8. The highest BCUT2D eigenvalue weighted by atomic mass is 35.5. The van der Waals surface area contributed by atoms with Crippen molar-refractivity contribution in [3.63, 3.8) is 0 Å². The fourth-order valence-corrected chi connectivity index (χ4v) is 2.70. The van der Waals surface area contributed by atoms with Crippen LogP contribution in [0.15, 0.2) is 42.5 Å². The van der Waals surface area contributed by atoms with Crippen molar-refractivity contribution in [2.45, 2.75) is 18.9 Å². The number of carbonyl (C=O) groups excluding carboxylic acids is 2. The zero-order valence-electron chi connectivity index (χ0n) is 13.2. The van der Waals surface area contributed by atoms with E-state index in [1.807, 2.05) is 0 Å². The minimum atomic E-state index is -0.351. The molecule has 130 valence electrons. The summed E-state index contributed by atoms with van der Waals surface area (Å²) in [7, 11) is 0. The van der Waals surface area contributed by atoms with Crippen LogP contribution in [0.3, 0.4) is 0 Å². The molecule has 3 rings (SSSR count). The molecule has 7 heteroatoms. The Morgan fingerprint density at radius 1 is 1.08 bits per heavy atom. The van der Waals surface area contributed by atoms with E-state index in [0.717, 1.165) is 12.8 Å². The lowest BCUT2D eigenvalue weighted by molar-refractivity contribution is -0.118. The number of amides is 2. The Bertz CT molecular complexity index is 786. The van der Waals surface area contributed by atoms with Gasteiger partial charge in [0.1, 0.15) is 5.75 Å². The number of nitrogens with one attached hydrogen (secondary N) is 2. The van der Waals surface area contributed by atoms with Gasteiger partial charge < -0.3 is 15.4 Å². The molecule has 1 aliphatic rings. The van der Waals surface area contributed by atoms with Crippen LogP contribution in [-0.2, 0) is 4.79 Å². The smallest absolute Gasteiger partial charge is 0.262 e. The van der Waals surface area contributed by atoms with Gasteiger partial charge in [-0.15, -0.1) is 0 Å². The molecule has 2 aromatic carbocycles. The van der Waals surface area contributed by atoms with Crippen LogP contribution in [0.4, 0.5) is 5.69 Å². The summed E-state index contributed by atoms with van der Waals surface area (Å²) in [5.41, 5.74) is 1.04. The van der Waals surface area contributed by atoms with E-state index in [4.69, 9.17) is 27.9 Å². The van der Waals surface area contributed by atoms with Crippen molar-refractivity contribution in [2.75, 3.05) is 11.9 Å². The lowest BCUT2D eigenvalue weighted by atomic mass is 10.2. The van der Waals surface area contributed by atoms with Crippen LogP contribution in [0.1, 0.15) is 23.2 Å². The van der Waals surface area contributed by atoms with Crippen molar-refractivity contribution < 1.29 is 14.3 Å². The van der Waals surface area contributed by atoms with Crippen LogP contribution in [0.25, 0.3) is 0 Å². The third kappa shape index (κ3) is 5.37. The zero-order valence-corrected chi connectivity index (χ0v) is 14.7. The van der Waals surface area contributed by atoms with Gasteiger partial charge >= 0.3 is 0 Å². The second-order valence-corrected chi connectivity index (χ2v) is 6.64. The van der Waals surface area contributed by atoms with E-state index < -0.39 is 0 Å². The molecule has 1 saturated carbocycles. The van der Waals surface area contributed by atoms with E-state index in [1.54, 1.807) is 42.5 Å². The third-order valence-electron chi connectivity index (χ3n) is 3.53. The van der Waals surface area contributed by atoms with E-state index in [9.17, 15) is 9.59 Å². The SMILES string of the molecule is O=C(COc1cc(Cl)cc(Cl)c1)Nc1cccc(C(=O)NC2CC2)c1. The zero-order chi connectivity index (χ0) is 17.8. The van der Waals surface area contributed by atoms with E-state index >= 15 is 0 Å². The van der Waals surface area contributed by atoms with Gasteiger partial charge in [0, 0.05) is 27.3 Å². The fourth-order valence-electron chi connectivity index (χ4n) is 2.19. The van der Waals surface area contributed by atoms with Gasteiger partial charge in [0.15, 0.2) is 6.61 Å². The molecule has 0 bridgehead atoms. The Labute approximate surface area is 155 Å². The predicted molar refractivity (Wildman–Crippen MR) is 97.5 cm³/mol. The summed E-state index contributed by atoms with van der Waals surface area (Å²) in [5, 5.41) is 6.46. The first kappa shape index (κ1) is 17.6. The molecule has 25 heavy (non-hydrogen) atoms. The fraction of sp³-hybridized carbons (Fsp3) is 0.222. The highest BCUT2D eigenvalue weighted by Crippen LogP contribution is 2.24. The van der Waals surface area contributed by atoms with Gasteiger partial charge in [0.25, 0.3) is 11.8 Å². The van der Waals surface area contributed by atoms with Crippen molar-refractivity contribution in [1.82, 2.24) is 5.32 Å². The number of hydrogen-bond donors (Lipinski definition) is 2. The van der Waals surface area contributed by atoms with Crippen LogP contribution in [0, 0.1) is 0 Å². The number of benzene rings is 2. The van der Waals surface area contributed by atoms with E-state index in [0.29, 0.717) is 27.0 Å². The van der Waals surface area contributed by atoms with Crippen molar-refractivity contribution >= 4 is 40.7 Å². The summed E-state index contributed by atoms with van der Waals surface area (Å²) in [6.07, 6.45) is 2.04. The first-order valence-electron chi connectivity index (χ1n) is 7.79. The van der Waals surface area contributed by atoms with Crippen molar-refractivity contribution in [3.8, 4) is 5.75 Å². The average molecular weight is 379 g/mol. The van der Waals surface area contributed by atoms with E-state index in [1.165, 1.54) is 0 Å². The summed E-state index contributed by atoms with van der Waals surface area (Å²) >= 11 is 11.8. The maximum atomic E-state index is 12.0. The molecule has 2 aromatic rings. The van der Waals surface area contributed by atoms with Crippen LogP contribution < -0.4 is 15.4 Å². The number of halogens is 2. The standard InChI is InChI=1S/C18H16Cl2N2O3/c19-12-7-13(20)9-16(8-12)25-10-17(23)21-15-3-1-2-11(6-15)18(24)22-14-4-5-14/h1-3,6-9,14H,4-5,10H2,(H,21,23)(H,22,24). The lowest BCUT2D eigenvalue weighted by Gasteiger charge is -2.09. The Balaban J connectivity index is 1.56. The number of carbonyl (C=O) groups is 2. The molecular weight excluding hydrogens is 363 g/mol. The van der Waals surface area contributed by atoms with E-state index in [2.05, 4.69) is 10.6 Å². The second kappa shape index (κ2) is 7.76. The summed E-state index contributed by atoms with van der Waals surface area (Å²) in [5.74, 6) is -0.0792. The van der Waals surface area contributed by atoms with Crippen LogP contribution in [-0.4, -0.2) is 24.5 Å². The summed E-state index contributed by atoms with van der Waals surface area (Å²) in [4.78, 5) is 24.1. The van der Waals surface area contributed by atoms with Gasteiger partial charge in [-0.25, -0.2) is 0 Å². The maximum absolute atomic E-state index is 12.0. The molecule has 2 N–H and O–H groups in total. The first-order valence-corrected chi connectivity index (χ1v) is 8.55. The Morgan fingerprint density at radius 2 is 1.80 bits per heavy atom. The van der Waals surface area contributed by atoms with Crippen LogP contribution in [0.5, 0.6) is 5.75 Å². The number of anilines is 1. The number of ether oxygens (including phenoxy) is 1. The van der Waals surface area contributed by atoms with Crippen molar-refractivity contribution in [1.29, 1.82) is 0 Å². The molecule has 0 atom stereocenters. The molecule has 1 aliphatic carbocycles. The van der Waals surface area contributed by atoms with Gasteiger partial charge in [-0.05, 0) is 49.2 Å². The highest BCUT2D eigenvalue weighted by Gasteiger charge is 2.23. The van der Waals surface area contributed by atoms with Gasteiger partial charge in [-0.2, -0.15) is 0 Å². The molecule has 0 heterocycles. The molecule has 0 saturated heterocycles. The quantitative estimate of drug-likeness (QED) is 0.800. The second-order valence-electron chi connectivity index (χ2n) is 5.77. The first-order chi connectivity index (χ1) is 12.0. The Kier molecular flexibility index (Phi) is 5.46. The van der Waals surface area contributed by atoms with Crippen molar-refractivity contribution in [2.24, 2.45) is 0 Å². The van der Waals surface area contributed by atoms with Gasteiger partial charge in [0.05, 0.1) is 0 Å². The molecule has 2 amide bonds. The topological polar surface area (TPSA) is 67.4 Å². The Hall–Kier alpha value is -2.24. The van der Waals surface area contributed by atoms with Crippen LogP contribution in [0.2, 0.25) is 10.0 Å². The normalized spacial score (nSPS) is 13.2. The molecule has 0 aromatic heterocycles. The molecule has 0 radical (unpaired) electrons. The molecule has 0 aliphatic heterocycles. The number of rotatable bonds is 6. The number of hydrogen-bond acceptors (Lipinski definition) is 3. The lowest BCUT2D eigenvalue weighted by Crippen LogP contribution is -2.25. The molecule has 5 nitrogen and oxygen atoms in total. The van der Waals surface area contributed by atoms with E-state index in [-0.39, 0.29) is 24.5 Å². The molecule has 1 fully saturated rings. The van der Waals surface area contributed by atoms with Gasteiger partial charge in [-0.1, -0.05) is 29.3 Å². The minimum absolute atomic E-state index is 0.136. The molecule has 0 spiro atoms. The van der Waals surface area contributed by atoms with Crippen LogP contribution >= 0.6 is 23.2 Å². The summed E-state index contributed by atoms with van der Waals surface area (Å²) < 4.78 is 5.38. The van der Waals surface area contributed by atoms with Gasteiger partial charge in [0.2, 0.25) is 0 Å². The highest BCUT2D eigenvalue weighted by molar-refractivity contribution is 6.34. The molecule has 0 unspecified atom stereocenters. The monoisotopic (exact) mass is 378 g/mol. The predicted octanol–water partition coefficient (Wildman–Crippen LogP) is 3.90. The largest absolute Gasteiger partial charge is 0.484 e.